The minimum atomic E-state index is -0.977. The number of halogens is 1. The molecule has 1 aromatic rings. The van der Waals surface area contributed by atoms with Crippen LogP contribution in [0.1, 0.15) is 31.4 Å². The summed E-state index contributed by atoms with van der Waals surface area (Å²) < 4.78 is 18.5. The molecular formula is C13H14FNO3. The number of carbonyl (C=O) groups is 1. The first-order valence-corrected chi connectivity index (χ1v) is 5.31. The van der Waals surface area contributed by atoms with E-state index in [4.69, 9.17) is 15.1 Å². The van der Waals surface area contributed by atoms with Crippen LogP contribution < -0.4 is 4.74 Å². The van der Waals surface area contributed by atoms with Crippen LogP contribution in [0.4, 0.5) is 4.39 Å². The minimum Gasteiger partial charge on any atom is -0.492 e. The molecule has 1 aromatic carbocycles. The van der Waals surface area contributed by atoms with Gasteiger partial charge in [0, 0.05) is 5.41 Å². The van der Waals surface area contributed by atoms with E-state index in [1.807, 2.05) is 6.07 Å². The summed E-state index contributed by atoms with van der Waals surface area (Å²) in [5.41, 5.74) is -0.240. The number of hydrogen-bond acceptors (Lipinski definition) is 3. The molecule has 96 valence electrons. The van der Waals surface area contributed by atoms with Crippen molar-refractivity contribution in [2.45, 2.75) is 25.7 Å². The Morgan fingerprint density at radius 3 is 2.61 bits per heavy atom. The number of ether oxygens (including phenoxy) is 1. The molecule has 1 rings (SSSR count). The second kappa shape index (κ2) is 5.05. The molecule has 1 N–H and O–H groups in total. The molecule has 0 spiro atoms. The van der Waals surface area contributed by atoms with E-state index >= 15 is 0 Å². The van der Waals surface area contributed by atoms with Crippen LogP contribution in [0.5, 0.6) is 5.75 Å². The van der Waals surface area contributed by atoms with Crippen LogP contribution in [0, 0.1) is 17.1 Å². The Labute approximate surface area is 105 Å². The number of carboxylic acid groups (broad SMARTS) is 1. The molecule has 0 atom stereocenters. The Bertz CT molecular complexity index is 518. The molecule has 0 aliphatic rings. The highest BCUT2D eigenvalue weighted by Gasteiger charge is 2.26. The van der Waals surface area contributed by atoms with Gasteiger partial charge in [-0.1, -0.05) is 13.8 Å². The molecule has 0 saturated carbocycles. The summed E-state index contributed by atoms with van der Waals surface area (Å²) in [6.45, 7) is 3.37. The fourth-order valence-electron chi connectivity index (χ4n) is 1.75. The molecule has 5 heteroatoms. The molecule has 18 heavy (non-hydrogen) atoms. The third-order valence-corrected chi connectivity index (χ3v) is 2.74. The summed E-state index contributed by atoms with van der Waals surface area (Å²) in [7, 11) is 1.28. The number of hydrogen-bond donors (Lipinski definition) is 1. The van der Waals surface area contributed by atoms with E-state index in [-0.39, 0.29) is 17.7 Å². The first-order chi connectivity index (χ1) is 8.31. The van der Waals surface area contributed by atoms with Gasteiger partial charge in [0.15, 0.2) is 11.6 Å². The molecule has 0 heterocycles. The highest BCUT2D eigenvalue weighted by molar-refractivity contribution is 5.69. The van der Waals surface area contributed by atoms with Crippen LogP contribution in [0.25, 0.3) is 0 Å². The van der Waals surface area contributed by atoms with E-state index in [0.717, 1.165) is 0 Å². The highest BCUT2D eigenvalue weighted by Crippen LogP contribution is 2.32. The van der Waals surface area contributed by atoms with Gasteiger partial charge in [0.1, 0.15) is 6.07 Å². The van der Waals surface area contributed by atoms with Crippen molar-refractivity contribution in [1.29, 1.82) is 5.26 Å². The first kappa shape index (κ1) is 14.0. The van der Waals surface area contributed by atoms with Crippen LogP contribution in [-0.4, -0.2) is 18.2 Å². The van der Waals surface area contributed by atoms with Gasteiger partial charge in [-0.25, -0.2) is 4.39 Å². The zero-order valence-corrected chi connectivity index (χ0v) is 10.5. The standard InChI is InChI=1S/C13H14FNO3/c1-13(2,6-11(16)17)9-4-8(7-15)12(18-3)10(14)5-9/h4-5H,6H2,1-3H3,(H,16,17). The van der Waals surface area contributed by atoms with Gasteiger partial charge < -0.3 is 9.84 Å². The summed E-state index contributed by atoms with van der Waals surface area (Å²) >= 11 is 0. The van der Waals surface area contributed by atoms with Gasteiger partial charge in [0.25, 0.3) is 0 Å². The largest absolute Gasteiger partial charge is 0.492 e. The number of benzene rings is 1. The summed E-state index contributed by atoms with van der Waals surface area (Å²) in [6.07, 6.45) is -0.149. The topological polar surface area (TPSA) is 70.3 Å². The van der Waals surface area contributed by atoms with Crippen LogP contribution in [0.2, 0.25) is 0 Å². The van der Waals surface area contributed by atoms with Crippen molar-refractivity contribution in [3.63, 3.8) is 0 Å². The quantitative estimate of drug-likeness (QED) is 0.892. The number of nitrogens with zero attached hydrogens (tertiary/aromatic N) is 1. The van der Waals surface area contributed by atoms with Crippen LogP contribution in [0.3, 0.4) is 0 Å². The lowest BCUT2D eigenvalue weighted by Gasteiger charge is -2.23. The zero-order valence-electron chi connectivity index (χ0n) is 10.5. The van der Waals surface area contributed by atoms with Crippen LogP contribution in [-0.2, 0) is 10.2 Å². The van der Waals surface area contributed by atoms with E-state index in [9.17, 15) is 9.18 Å². The second-order valence-electron chi connectivity index (χ2n) is 4.61. The number of nitriles is 1. The maximum absolute atomic E-state index is 13.7. The predicted molar refractivity (Wildman–Crippen MR) is 62.9 cm³/mol. The Hall–Kier alpha value is -2.09. The van der Waals surface area contributed by atoms with E-state index < -0.39 is 17.2 Å². The SMILES string of the molecule is COc1c(F)cc(C(C)(C)CC(=O)O)cc1C#N. The molecule has 0 amide bonds. The Morgan fingerprint density at radius 1 is 1.56 bits per heavy atom. The molecule has 0 saturated heterocycles. The molecule has 0 aromatic heterocycles. The van der Waals surface area contributed by atoms with E-state index in [1.165, 1.54) is 19.2 Å². The molecule has 0 aliphatic heterocycles. The lowest BCUT2D eigenvalue weighted by molar-refractivity contribution is -0.138. The fourth-order valence-corrected chi connectivity index (χ4v) is 1.75. The lowest BCUT2D eigenvalue weighted by atomic mass is 9.81. The van der Waals surface area contributed by atoms with Gasteiger partial charge in [0.2, 0.25) is 0 Å². The first-order valence-electron chi connectivity index (χ1n) is 5.31. The third kappa shape index (κ3) is 2.77. The minimum absolute atomic E-state index is 0.0611. The number of rotatable bonds is 4. The molecule has 0 unspecified atom stereocenters. The molecule has 4 nitrogen and oxygen atoms in total. The summed E-state index contributed by atoms with van der Waals surface area (Å²) in [5, 5.41) is 17.8. The summed E-state index contributed by atoms with van der Waals surface area (Å²) in [5.74, 6) is -1.76. The third-order valence-electron chi connectivity index (χ3n) is 2.74. The van der Waals surface area contributed by atoms with Crippen LogP contribution >= 0.6 is 0 Å². The van der Waals surface area contributed by atoms with Crippen molar-refractivity contribution in [1.82, 2.24) is 0 Å². The van der Waals surface area contributed by atoms with Gasteiger partial charge >= 0.3 is 5.97 Å². The summed E-state index contributed by atoms with van der Waals surface area (Å²) in [4.78, 5) is 10.8. The van der Waals surface area contributed by atoms with E-state index in [0.29, 0.717) is 5.56 Å². The predicted octanol–water partition coefficient (Wildman–Crippen LogP) is 2.46. The molecule has 0 fully saturated rings. The van der Waals surface area contributed by atoms with Gasteiger partial charge in [-0.3, -0.25) is 4.79 Å². The van der Waals surface area contributed by atoms with Gasteiger partial charge in [-0.15, -0.1) is 0 Å². The van der Waals surface area contributed by atoms with Crippen molar-refractivity contribution < 1.29 is 19.0 Å². The van der Waals surface area contributed by atoms with Crippen molar-refractivity contribution in [2.24, 2.45) is 0 Å². The molecular weight excluding hydrogens is 237 g/mol. The fraction of sp³-hybridized carbons (Fsp3) is 0.385. The van der Waals surface area contributed by atoms with E-state index in [1.54, 1.807) is 13.8 Å². The van der Waals surface area contributed by atoms with E-state index in [2.05, 4.69) is 0 Å². The second-order valence-corrected chi connectivity index (χ2v) is 4.61. The van der Waals surface area contributed by atoms with Gasteiger partial charge in [0.05, 0.1) is 19.1 Å². The highest BCUT2D eigenvalue weighted by atomic mass is 19.1. The molecule has 0 radical (unpaired) electrons. The Morgan fingerprint density at radius 2 is 2.17 bits per heavy atom. The van der Waals surface area contributed by atoms with Crippen LogP contribution in [0.15, 0.2) is 12.1 Å². The molecule has 0 bridgehead atoms. The maximum atomic E-state index is 13.7. The van der Waals surface area contributed by atoms with Crippen molar-refractivity contribution in [3.8, 4) is 11.8 Å². The van der Waals surface area contributed by atoms with Crippen molar-refractivity contribution in [3.05, 3.63) is 29.1 Å². The average molecular weight is 251 g/mol. The zero-order chi connectivity index (χ0) is 13.9. The summed E-state index contributed by atoms with van der Waals surface area (Å²) in [6, 6.07) is 4.51. The lowest BCUT2D eigenvalue weighted by Crippen LogP contribution is -2.22. The molecule has 0 aliphatic carbocycles. The Kier molecular flexibility index (Phi) is 3.92. The Balaban J connectivity index is 3.32. The normalized spacial score (nSPS) is 10.8. The monoisotopic (exact) mass is 251 g/mol. The maximum Gasteiger partial charge on any atom is 0.304 e. The number of carboxylic acids is 1. The van der Waals surface area contributed by atoms with Crippen molar-refractivity contribution >= 4 is 5.97 Å². The van der Waals surface area contributed by atoms with Gasteiger partial charge in [-0.2, -0.15) is 5.26 Å². The average Bonchev–Trinajstić information content (AvgIpc) is 2.26. The number of methoxy groups -OCH3 is 1. The van der Waals surface area contributed by atoms with Crippen molar-refractivity contribution in [2.75, 3.05) is 7.11 Å². The smallest absolute Gasteiger partial charge is 0.304 e. The number of aliphatic carboxylic acids is 1. The van der Waals surface area contributed by atoms with Gasteiger partial charge in [-0.05, 0) is 17.7 Å².